The van der Waals surface area contributed by atoms with Crippen LogP contribution in [-0.4, -0.2) is 42.6 Å². The summed E-state index contributed by atoms with van der Waals surface area (Å²) in [6.45, 7) is 4.59. The standard InChI is InChI=1S/C14H26N2O2/c1-2-11-4-3-8-16(9-7-11)14(17)13-6-5-12(10-15)18-13/h11-13H,2-10,15H2,1H3. The third-order valence-corrected chi connectivity index (χ3v) is 4.38. The number of carbonyl (C=O) groups is 1. The summed E-state index contributed by atoms with van der Waals surface area (Å²) in [5.74, 6) is 0.992. The van der Waals surface area contributed by atoms with Crippen LogP contribution in [0.2, 0.25) is 0 Å². The summed E-state index contributed by atoms with van der Waals surface area (Å²) in [5.41, 5.74) is 5.59. The van der Waals surface area contributed by atoms with Crippen LogP contribution in [0.5, 0.6) is 0 Å². The summed E-state index contributed by atoms with van der Waals surface area (Å²) >= 11 is 0. The fourth-order valence-corrected chi connectivity index (χ4v) is 3.06. The number of carbonyl (C=O) groups excluding carboxylic acids is 1. The van der Waals surface area contributed by atoms with Crippen LogP contribution in [-0.2, 0) is 9.53 Å². The van der Waals surface area contributed by atoms with E-state index in [1.165, 1.54) is 12.8 Å². The Morgan fingerprint density at radius 2 is 2.11 bits per heavy atom. The monoisotopic (exact) mass is 254 g/mol. The summed E-state index contributed by atoms with van der Waals surface area (Å²) in [4.78, 5) is 14.4. The van der Waals surface area contributed by atoms with Gasteiger partial charge in [-0.15, -0.1) is 0 Å². The molecule has 1 amide bonds. The molecule has 0 spiro atoms. The van der Waals surface area contributed by atoms with Gasteiger partial charge in [0, 0.05) is 19.6 Å². The van der Waals surface area contributed by atoms with Crippen LogP contribution in [0.1, 0.15) is 45.4 Å². The fourth-order valence-electron chi connectivity index (χ4n) is 3.06. The smallest absolute Gasteiger partial charge is 0.251 e. The van der Waals surface area contributed by atoms with Gasteiger partial charge in [0.05, 0.1) is 6.10 Å². The van der Waals surface area contributed by atoms with Crippen molar-refractivity contribution in [2.24, 2.45) is 11.7 Å². The van der Waals surface area contributed by atoms with Crippen molar-refractivity contribution in [1.82, 2.24) is 4.90 Å². The van der Waals surface area contributed by atoms with Crippen LogP contribution < -0.4 is 5.73 Å². The molecule has 0 aromatic rings. The third-order valence-electron chi connectivity index (χ3n) is 4.38. The molecular formula is C14H26N2O2. The van der Waals surface area contributed by atoms with Crippen LogP contribution >= 0.6 is 0 Å². The molecule has 4 heteroatoms. The molecule has 2 fully saturated rings. The summed E-state index contributed by atoms with van der Waals surface area (Å²) in [7, 11) is 0. The van der Waals surface area contributed by atoms with Crippen molar-refractivity contribution in [3.63, 3.8) is 0 Å². The number of nitrogens with two attached hydrogens (primary N) is 1. The minimum absolute atomic E-state index is 0.0920. The lowest BCUT2D eigenvalue weighted by atomic mass is 9.98. The Hall–Kier alpha value is -0.610. The Bertz CT molecular complexity index is 283. The number of rotatable bonds is 3. The molecule has 0 radical (unpaired) electrons. The number of hydrogen-bond donors (Lipinski definition) is 1. The average Bonchev–Trinajstić information content (AvgIpc) is 2.75. The maximum atomic E-state index is 12.4. The van der Waals surface area contributed by atoms with Crippen molar-refractivity contribution in [2.45, 2.75) is 57.7 Å². The van der Waals surface area contributed by atoms with Gasteiger partial charge >= 0.3 is 0 Å². The van der Waals surface area contributed by atoms with Crippen molar-refractivity contribution in [3.05, 3.63) is 0 Å². The normalized spacial score (nSPS) is 33.4. The molecule has 0 aromatic heterocycles. The Morgan fingerprint density at radius 1 is 1.28 bits per heavy atom. The molecule has 0 aliphatic carbocycles. The molecular weight excluding hydrogens is 228 g/mol. The van der Waals surface area contributed by atoms with E-state index in [9.17, 15) is 4.79 Å². The minimum atomic E-state index is -0.225. The zero-order chi connectivity index (χ0) is 13.0. The summed E-state index contributed by atoms with van der Waals surface area (Å²) in [6.07, 6.45) is 6.42. The Balaban J connectivity index is 1.85. The maximum absolute atomic E-state index is 12.4. The molecule has 2 aliphatic heterocycles. The molecule has 3 unspecified atom stereocenters. The van der Waals surface area contributed by atoms with Gasteiger partial charge in [0.1, 0.15) is 6.10 Å². The van der Waals surface area contributed by atoms with Gasteiger partial charge in [-0.3, -0.25) is 4.79 Å². The Labute approximate surface area is 110 Å². The van der Waals surface area contributed by atoms with E-state index in [-0.39, 0.29) is 18.1 Å². The van der Waals surface area contributed by atoms with E-state index in [0.29, 0.717) is 6.54 Å². The van der Waals surface area contributed by atoms with E-state index in [1.807, 2.05) is 4.90 Å². The fraction of sp³-hybridized carbons (Fsp3) is 0.929. The molecule has 2 saturated heterocycles. The van der Waals surface area contributed by atoms with Crippen molar-refractivity contribution in [3.8, 4) is 0 Å². The number of ether oxygens (including phenoxy) is 1. The van der Waals surface area contributed by atoms with E-state index in [0.717, 1.165) is 44.7 Å². The van der Waals surface area contributed by atoms with Gasteiger partial charge in [-0.1, -0.05) is 13.3 Å². The van der Waals surface area contributed by atoms with Gasteiger partial charge in [-0.05, 0) is 38.0 Å². The molecule has 0 saturated carbocycles. The first kappa shape index (κ1) is 13.8. The summed E-state index contributed by atoms with van der Waals surface area (Å²) < 4.78 is 5.70. The second kappa shape index (κ2) is 6.53. The first-order valence-corrected chi connectivity index (χ1v) is 7.39. The Kier molecular flexibility index (Phi) is 5.01. The van der Waals surface area contributed by atoms with Crippen molar-refractivity contribution in [2.75, 3.05) is 19.6 Å². The van der Waals surface area contributed by atoms with E-state index in [1.54, 1.807) is 0 Å². The highest BCUT2D eigenvalue weighted by molar-refractivity contribution is 5.81. The van der Waals surface area contributed by atoms with Gasteiger partial charge < -0.3 is 15.4 Å². The molecule has 3 atom stereocenters. The van der Waals surface area contributed by atoms with E-state index in [2.05, 4.69) is 6.92 Å². The number of amides is 1. The topological polar surface area (TPSA) is 55.6 Å². The molecule has 2 heterocycles. The zero-order valence-electron chi connectivity index (χ0n) is 11.4. The molecule has 2 rings (SSSR count). The summed E-state index contributed by atoms with van der Waals surface area (Å²) in [5, 5.41) is 0. The predicted molar refractivity (Wildman–Crippen MR) is 71.2 cm³/mol. The first-order valence-electron chi connectivity index (χ1n) is 7.39. The van der Waals surface area contributed by atoms with Crippen molar-refractivity contribution in [1.29, 1.82) is 0 Å². The molecule has 0 bridgehead atoms. The minimum Gasteiger partial charge on any atom is -0.364 e. The van der Waals surface area contributed by atoms with Crippen LogP contribution in [0, 0.1) is 5.92 Å². The van der Waals surface area contributed by atoms with Crippen LogP contribution in [0.15, 0.2) is 0 Å². The zero-order valence-corrected chi connectivity index (χ0v) is 11.4. The molecule has 4 nitrogen and oxygen atoms in total. The van der Waals surface area contributed by atoms with Crippen molar-refractivity contribution >= 4 is 5.91 Å². The van der Waals surface area contributed by atoms with E-state index < -0.39 is 0 Å². The van der Waals surface area contributed by atoms with Gasteiger partial charge in [0.15, 0.2) is 0 Å². The second-order valence-corrected chi connectivity index (χ2v) is 5.59. The van der Waals surface area contributed by atoms with Gasteiger partial charge in [-0.2, -0.15) is 0 Å². The van der Waals surface area contributed by atoms with Crippen LogP contribution in [0.25, 0.3) is 0 Å². The quantitative estimate of drug-likeness (QED) is 0.831. The van der Waals surface area contributed by atoms with Gasteiger partial charge in [0.2, 0.25) is 0 Å². The second-order valence-electron chi connectivity index (χ2n) is 5.59. The molecule has 2 aliphatic rings. The van der Waals surface area contributed by atoms with Crippen molar-refractivity contribution < 1.29 is 9.53 Å². The SMILES string of the molecule is CCC1CCCN(C(=O)C2CCC(CN)O2)CC1. The van der Waals surface area contributed by atoms with E-state index >= 15 is 0 Å². The number of nitrogens with zero attached hydrogens (tertiary/aromatic N) is 1. The number of hydrogen-bond acceptors (Lipinski definition) is 3. The summed E-state index contributed by atoms with van der Waals surface area (Å²) in [6, 6.07) is 0. The highest BCUT2D eigenvalue weighted by Gasteiger charge is 2.33. The lowest BCUT2D eigenvalue weighted by Gasteiger charge is -2.24. The first-order chi connectivity index (χ1) is 8.74. The van der Waals surface area contributed by atoms with Gasteiger partial charge in [-0.25, -0.2) is 0 Å². The van der Waals surface area contributed by atoms with Crippen LogP contribution in [0.3, 0.4) is 0 Å². The van der Waals surface area contributed by atoms with Crippen LogP contribution in [0.4, 0.5) is 0 Å². The highest BCUT2D eigenvalue weighted by Crippen LogP contribution is 2.24. The highest BCUT2D eigenvalue weighted by atomic mass is 16.5. The average molecular weight is 254 g/mol. The largest absolute Gasteiger partial charge is 0.364 e. The third kappa shape index (κ3) is 3.23. The van der Waals surface area contributed by atoms with Gasteiger partial charge in [0.25, 0.3) is 5.91 Å². The number of likely N-dealkylation sites (tertiary alicyclic amines) is 1. The lowest BCUT2D eigenvalue weighted by Crippen LogP contribution is -2.40. The Morgan fingerprint density at radius 3 is 2.78 bits per heavy atom. The lowest BCUT2D eigenvalue weighted by molar-refractivity contribution is -0.142. The maximum Gasteiger partial charge on any atom is 0.251 e. The molecule has 0 aromatic carbocycles. The van der Waals surface area contributed by atoms with E-state index in [4.69, 9.17) is 10.5 Å². The molecule has 104 valence electrons. The molecule has 18 heavy (non-hydrogen) atoms. The molecule has 2 N–H and O–H groups in total. The predicted octanol–water partition coefficient (Wildman–Crippen LogP) is 1.53.